The number of benzene rings is 1. The molecule has 180 valence electrons. The molecule has 3 saturated heterocycles. The molecule has 3 aliphatic heterocycles. The normalized spacial score (nSPS) is 21.0. The van der Waals surface area contributed by atoms with Crippen molar-refractivity contribution in [3.8, 4) is 5.75 Å². The largest absolute Gasteiger partial charge is 0.496 e. The molecule has 1 aromatic rings. The zero-order chi connectivity index (χ0) is 24.7. The number of halogens is 1. The van der Waals surface area contributed by atoms with Crippen LogP contribution in [0.3, 0.4) is 0 Å². The van der Waals surface area contributed by atoms with Gasteiger partial charge in [-0.15, -0.1) is 0 Å². The molecule has 0 saturated carbocycles. The maximum absolute atomic E-state index is 13.1. The summed E-state index contributed by atoms with van der Waals surface area (Å²) in [5.41, 5.74) is 0.855. The lowest BCUT2D eigenvalue weighted by Gasteiger charge is -2.48. The van der Waals surface area contributed by atoms with Crippen molar-refractivity contribution in [1.29, 1.82) is 0 Å². The van der Waals surface area contributed by atoms with E-state index in [1.807, 2.05) is 11.9 Å². The second kappa shape index (κ2) is 11.7. The van der Waals surface area contributed by atoms with Gasteiger partial charge in [0.05, 0.1) is 23.4 Å². The number of carbonyl (C=O) groups excluding carboxylic acids is 2. The van der Waals surface area contributed by atoms with Crippen molar-refractivity contribution < 1.29 is 34.1 Å². The van der Waals surface area contributed by atoms with E-state index < -0.39 is 11.9 Å². The number of fused-ring (bicyclic) bond motifs is 3. The standard InChI is InChI=1S/C18H24ClN3O3.C4H4O4/c1-11(23)20-15-9-17(25-3)13(8-14(15)19)18(24)21(2)16-10-22-6-4-12(16)5-7-22;5-3(6)1-2-4(7)8/h8-9,12,16H,4-7,10H2,1-3H3,(H,20,23);1-2H,(H,5,6)(H,7,8)/b;2-1-. The fraction of sp³-hybridized carbons (Fsp3) is 0.455. The highest BCUT2D eigenvalue weighted by Crippen LogP contribution is 2.34. The summed E-state index contributed by atoms with van der Waals surface area (Å²) in [5, 5.41) is 18.6. The lowest BCUT2D eigenvalue weighted by Crippen LogP contribution is -2.57. The van der Waals surface area contributed by atoms with Gasteiger partial charge in [-0.05, 0) is 37.9 Å². The lowest BCUT2D eigenvalue weighted by atomic mass is 9.83. The first-order valence-electron chi connectivity index (χ1n) is 10.3. The van der Waals surface area contributed by atoms with Gasteiger partial charge in [0.2, 0.25) is 5.91 Å². The number of methoxy groups -OCH3 is 1. The van der Waals surface area contributed by atoms with Crippen LogP contribution in [0.25, 0.3) is 0 Å². The summed E-state index contributed by atoms with van der Waals surface area (Å²) in [5.74, 6) is -1.88. The van der Waals surface area contributed by atoms with Crippen molar-refractivity contribution in [3.63, 3.8) is 0 Å². The first-order valence-corrected chi connectivity index (χ1v) is 10.7. The van der Waals surface area contributed by atoms with Crippen LogP contribution in [0.4, 0.5) is 5.69 Å². The summed E-state index contributed by atoms with van der Waals surface area (Å²) in [6.07, 6.45) is 3.40. The Morgan fingerprint density at radius 3 is 2.15 bits per heavy atom. The maximum atomic E-state index is 13.1. The smallest absolute Gasteiger partial charge is 0.328 e. The summed E-state index contributed by atoms with van der Waals surface area (Å²) in [4.78, 5) is 47.7. The van der Waals surface area contributed by atoms with Gasteiger partial charge < -0.3 is 30.1 Å². The van der Waals surface area contributed by atoms with Gasteiger partial charge in [0, 0.05) is 44.8 Å². The van der Waals surface area contributed by atoms with Gasteiger partial charge in [0.1, 0.15) is 5.75 Å². The zero-order valence-corrected chi connectivity index (χ0v) is 19.5. The third-order valence-electron chi connectivity index (χ3n) is 5.64. The number of rotatable bonds is 6. The molecule has 0 radical (unpaired) electrons. The van der Waals surface area contributed by atoms with Crippen LogP contribution in [0.15, 0.2) is 24.3 Å². The molecule has 4 rings (SSSR count). The highest BCUT2D eigenvalue weighted by atomic mass is 35.5. The van der Waals surface area contributed by atoms with Crippen molar-refractivity contribution in [3.05, 3.63) is 34.9 Å². The average molecular weight is 482 g/mol. The molecular weight excluding hydrogens is 454 g/mol. The summed E-state index contributed by atoms with van der Waals surface area (Å²) in [6.45, 7) is 4.59. The number of carbonyl (C=O) groups is 4. The first kappa shape index (κ1) is 26.1. The lowest BCUT2D eigenvalue weighted by molar-refractivity contribution is -0.134. The molecule has 11 heteroatoms. The Bertz CT molecular complexity index is 926. The highest BCUT2D eigenvalue weighted by Gasteiger charge is 2.38. The molecule has 3 aliphatic rings. The second-order valence-electron chi connectivity index (χ2n) is 7.84. The Balaban J connectivity index is 0.000000414. The van der Waals surface area contributed by atoms with Gasteiger partial charge in [-0.25, -0.2) is 9.59 Å². The average Bonchev–Trinajstić information content (AvgIpc) is 2.78. The second-order valence-corrected chi connectivity index (χ2v) is 8.25. The van der Waals surface area contributed by atoms with Crippen LogP contribution in [0.1, 0.15) is 30.1 Å². The Labute approximate surface area is 196 Å². The van der Waals surface area contributed by atoms with Crippen molar-refractivity contribution in [1.82, 2.24) is 9.80 Å². The van der Waals surface area contributed by atoms with Gasteiger partial charge in [-0.1, -0.05) is 11.6 Å². The quantitative estimate of drug-likeness (QED) is 0.526. The molecule has 10 nitrogen and oxygen atoms in total. The van der Waals surface area contributed by atoms with Gasteiger partial charge >= 0.3 is 11.9 Å². The van der Waals surface area contributed by atoms with Gasteiger partial charge in [0.15, 0.2) is 0 Å². The van der Waals surface area contributed by atoms with E-state index in [1.54, 1.807) is 12.1 Å². The molecule has 1 atom stereocenters. The van der Waals surface area contributed by atoms with Crippen LogP contribution in [0.2, 0.25) is 5.02 Å². The molecular formula is C22H28ClN3O7. The van der Waals surface area contributed by atoms with Gasteiger partial charge in [-0.2, -0.15) is 0 Å². The van der Waals surface area contributed by atoms with Crippen LogP contribution in [-0.2, 0) is 14.4 Å². The number of carboxylic acids is 2. The summed E-state index contributed by atoms with van der Waals surface area (Å²) in [7, 11) is 3.36. The molecule has 1 aromatic carbocycles. The number of likely N-dealkylation sites (N-methyl/N-ethyl adjacent to an activating group) is 1. The van der Waals surface area contributed by atoms with E-state index in [4.69, 9.17) is 26.6 Å². The monoisotopic (exact) mass is 481 g/mol. The fourth-order valence-electron chi connectivity index (χ4n) is 4.03. The van der Waals surface area contributed by atoms with E-state index in [2.05, 4.69) is 10.2 Å². The molecule has 2 amide bonds. The van der Waals surface area contributed by atoms with E-state index in [0.29, 0.717) is 40.1 Å². The number of ether oxygens (including phenoxy) is 1. The van der Waals surface area contributed by atoms with E-state index >= 15 is 0 Å². The minimum atomic E-state index is -1.26. The van der Waals surface area contributed by atoms with Crippen molar-refractivity contribution in [2.24, 2.45) is 5.92 Å². The number of piperidine rings is 3. The van der Waals surface area contributed by atoms with Crippen LogP contribution in [-0.4, -0.2) is 83.6 Å². The molecule has 33 heavy (non-hydrogen) atoms. The van der Waals surface area contributed by atoms with Crippen LogP contribution >= 0.6 is 11.6 Å². The van der Waals surface area contributed by atoms with E-state index in [9.17, 15) is 19.2 Å². The Kier molecular flexibility index (Phi) is 9.24. The molecule has 3 fully saturated rings. The maximum Gasteiger partial charge on any atom is 0.328 e. The summed E-state index contributed by atoms with van der Waals surface area (Å²) >= 11 is 6.25. The number of anilines is 1. The van der Waals surface area contributed by atoms with Crippen LogP contribution in [0, 0.1) is 5.92 Å². The SMILES string of the molecule is COc1cc(NC(C)=O)c(Cl)cc1C(=O)N(C)C1CN2CCC1CC2.O=C(O)/C=C\C(=O)O. The predicted molar refractivity (Wildman–Crippen MR) is 122 cm³/mol. The van der Waals surface area contributed by atoms with Crippen LogP contribution in [0.5, 0.6) is 5.75 Å². The number of hydrogen-bond donors (Lipinski definition) is 3. The third kappa shape index (κ3) is 7.19. The predicted octanol–water partition coefficient (Wildman–Crippen LogP) is 2.18. The number of carboxylic acid groups (broad SMARTS) is 2. The highest BCUT2D eigenvalue weighted by molar-refractivity contribution is 6.34. The van der Waals surface area contributed by atoms with Crippen molar-refractivity contribution >= 4 is 41.0 Å². The van der Waals surface area contributed by atoms with E-state index in [-0.39, 0.29) is 17.9 Å². The van der Waals surface area contributed by atoms with Crippen molar-refractivity contribution in [2.45, 2.75) is 25.8 Å². The first-order chi connectivity index (χ1) is 15.5. The molecule has 0 aliphatic carbocycles. The number of hydrogen-bond acceptors (Lipinski definition) is 6. The minimum Gasteiger partial charge on any atom is -0.496 e. The fourth-order valence-corrected chi connectivity index (χ4v) is 4.24. The molecule has 3 N–H and O–H groups in total. The number of aliphatic carboxylic acids is 2. The summed E-state index contributed by atoms with van der Waals surface area (Å²) in [6, 6.07) is 3.39. The van der Waals surface area contributed by atoms with Crippen molar-refractivity contribution in [2.75, 3.05) is 39.1 Å². The van der Waals surface area contributed by atoms with Crippen LogP contribution < -0.4 is 10.1 Å². The van der Waals surface area contributed by atoms with E-state index in [0.717, 1.165) is 32.5 Å². The van der Waals surface area contributed by atoms with E-state index in [1.165, 1.54) is 14.0 Å². The number of nitrogens with zero attached hydrogens (tertiary/aromatic N) is 2. The molecule has 2 bridgehead atoms. The Morgan fingerprint density at radius 2 is 1.73 bits per heavy atom. The third-order valence-corrected chi connectivity index (χ3v) is 5.95. The zero-order valence-electron chi connectivity index (χ0n) is 18.7. The molecule has 1 unspecified atom stereocenters. The number of nitrogens with one attached hydrogen (secondary N) is 1. The number of amides is 2. The topological polar surface area (TPSA) is 136 Å². The van der Waals surface area contributed by atoms with Gasteiger partial charge in [0.25, 0.3) is 5.91 Å². The molecule has 3 heterocycles. The Hall–Kier alpha value is -3.11. The minimum absolute atomic E-state index is 0.105. The Morgan fingerprint density at radius 1 is 1.15 bits per heavy atom. The molecule has 0 aromatic heterocycles. The summed E-state index contributed by atoms with van der Waals surface area (Å²) < 4.78 is 5.38. The van der Waals surface area contributed by atoms with Gasteiger partial charge in [-0.3, -0.25) is 9.59 Å². The molecule has 0 spiro atoms.